The van der Waals surface area contributed by atoms with Crippen molar-refractivity contribution in [3.63, 3.8) is 0 Å². The Balaban J connectivity index is 2.16. The molecule has 0 bridgehead atoms. The van der Waals surface area contributed by atoms with Gasteiger partial charge in [0.2, 0.25) is 9.84 Å². The van der Waals surface area contributed by atoms with Crippen LogP contribution in [0.3, 0.4) is 0 Å². The molecule has 0 aliphatic carbocycles. The largest absolute Gasteiger partial charge is 0.497 e. The lowest BCUT2D eigenvalue weighted by Crippen LogP contribution is -2.25. The van der Waals surface area contributed by atoms with Crippen LogP contribution in [-0.2, 0) is 21.1 Å². The van der Waals surface area contributed by atoms with Gasteiger partial charge in [0.1, 0.15) is 11.4 Å². The third-order valence-electron chi connectivity index (χ3n) is 4.78. The van der Waals surface area contributed by atoms with Crippen LogP contribution in [0.15, 0.2) is 70.7 Å². The Hall–Kier alpha value is -3.72. The third kappa shape index (κ3) is 5.60. The Bertz CT molecular complexity index is 1280. The molecule has 2 aromatic carbocycles. The van der Waals surface area contributed by atoms with Gasteiger partial charge in [-0.25, -0.2) is 13.2 Å². The van der Waals surface area contributed by atoms with E-state index in [4.69, 9.17) is 9.47 Å². The van der Waals surface area contributed by atoms with E-state index < -0.39 is 26.3 Å². The second kappa shape index (κ2) is 10.0. The quantitative estimate of drug-likeness (QED) is 0.374. The first-order valence-corrected chi connectivity index (χ1v) is 11.9. The van der Waals surface area contributed by atoms with Crippen molar-refractivity contribution < 1.29 is 27.5 Å². The lowest BCUT2D eigenvalue weighted by Gasteiger charge is -2.22. The third-order valence-corrected chi connectivity index (χ3v) is 6.65. The lowest BCUT2D eigenvalue weighted by molar-refractivity contribution is 0.00651. The average molecular weight is 483 g/mol. The second-order valence-corrected chi connectivity index (χ2v) is 10.3. The number of nitrogens with one attached hydrogen (secondary N) is 1. The van der Waals surface area contributed by atoms with Gasteiger partial charge >= 0.3 is 5.97 Å². The number of esters is 1. The molecule has 1 heterocycles. The molecule has 178 valence electrons. The molecule has 9 heteroatoms. The fourth-order valence-electron chi connectivity index (χ4n) is 3.23. The summed E-state index contributed by atoms with van der Waals surface area (Å²) in [5.74, 6) is -0.379. The highest BCUT2D eigenvalue weighted by Crippen LogP contribution is 2.33. The Labute approximate surface area is 198 Å². The van der Waals surface area contributed by atoms with Crippen molar-refractivity contribution in [1.82, 2.24) is 4.98 Å². The summed E-state index contributed by atoms with van der Waals surface area (Å²) in [4.78, 5) is 28.7. The predicted octanol–water partition coefficient (Wildman–Crippen LogP) is 4.30. The SMILES string of the molecule is COc1ccc(S(=O)(=O)c2c(C(=O)OC(C)(C)C)ccc(NCc3cccnc3)c2C=O)cc1. The summed E-state index contributed by atoms with van der Waals surface area (Å²) in [6, 6.07) is 12.1. The molecule has 0 saturated heterocycles. The number of aromatic nitrogens is 1. The van der Waals surface area contributed by atoms with Gasteiger partial charge in [0, 0.05) is 24.6 Å². The van der Waals surface area contributed by atoms with Gasteiger partial charge in [-0.05, 0) is 68.8 Å². The van der Waals surface area contributed by atoms with Gasteiger partial charge in [-0.2, -0.15) is 0 Å². The smallest absolute Gasteiger partial charge is 0.340 e. The van der Waals surface area contributed by atoms with Gasteiger partial charge in [-0.3, -0.25) is 9.78 Å². The lowest BCUT2D eigenvalue weighted by atomic mass is 10.1. The molecule has 0 radical (unpaired) electrons. The van der Waals surface area contributed by atoms with Crippen LogP contribution in [0.2, 0.25) is 0 Å². The van der Waals surface area contributed by atoms with Crippen molar-refractivity contribution in [2.24, 2.45) is 0 Å². The van der Waals surface area contributed by atoms with E-state index in [1.165, 1.54) is 43.5 Å². The monoisotopic (exact) mass is 482 g/mol. The van der Waals surface area contributed by atoms with Crippen molar-refractivity contribution in [3.05, 3.63) is 77.6 Å². The minimum absolute atomic E-state index is 0.0920. The highest BCUT2D eigenvalue weighted by molar-refractivity contribution is 7.91. The van der Waals surface area contributed by atoms with Crippen molar-refractivity contribution in [2.45, 2.75) is 42.7 Å². The van der Waals surface area contributed by atoms with Gasteiger partial charge in [0.05, 0.1) is 28.0 Å². The fourth-order valence-corrected chi connectivity index (χ4v) is 4.85. The molecular formula is C25H26N2O6S. The summed E-state index contributed by atoms with van der Waals surface area (Å²) in [6.07, 6.45) is 3.71. The predicted molar refractivity (Wildman–Crippen MR) is 127 cm³/mol. The van der Waals surface area contributed by atoms with E-state index in [1.807, 2.05) is 6.07 Å². The molecular weight excluding hydrogens is 456 g/mol. The normalized spacial score (nSPS) is 11.5. The van der Waals surface area contributed by atoms with E-state index >= 15 is 0 Å². The van der Waals surface area contributed by atoms with Crippen molar-refractivity contribution in [2.75, 3.05) is 12.4 Å². The molecule has 8 nitrogen and oxygen atoms in total. The molecule has 1 N–H and O–H groups in total. The number of carbonyl (C=O) groups excluding carboxylic acids is 2. The van der Waals surface area contributed by atoms with Crippen LogP contribution in [0.5, 0.6) is 5.75 Å². The standard InChI is InChI=1S/C25H26N2O6S/c1-25(2,3)33-24(29)20-11-12-22(27-15-17-6-5-13-26-14-17)21(16-28)23(20)34(30,31)19-9-7-18(32-4)8-10-19/h5-14,16,27H,15H2,1-4H3. The number of aldehydes is 1. The molecule has 0 amide bonds. The summed E-state index contributed by atoms with van der Waals surface area (Å²) >= 11 is 0. The maximum Gasteiger partial charge on any atom is 0.340 e. The van der Waals surface area contributed by atoms with Gasteiger partial charge in [0.25, 0.3) is 0 Å². The minimum atomic E-state index is -4.28. The van der Waals surface area contributed by atoms with Crippen LogP contribution in [-0.4, -0.2) is 38.4 Å². The van der Waals surface area contributed by atoms with E-state index in [0.29, 0.717) is 18.6 Å². The van der Waals surface area contributed by atoms with Crippen LogP contribution in [0.25, 0.3) is 0 Å². The molecule has 34 heavy (non-hydrogen) atoms. The number of sulfone groups is 1. The number of methoxy groups -OCH3 is 1. The fraction of sp³-hybridized carbons (Fsp3) is 0.240. The summed E-state index contributed by atoms with van der Waals surface area (Å²) in [7, 11) is -2.82. The molecule has 3 aromatic rings. The van der Waals surface area contributed by atoms with E-state index in [9.17, 15) is 18.0 Å². The maximum absolute atomic E-state index is 13.7. The number of hydrogen-bond acceptors (Lipinski definition) is 8. The Morgan fingerprint density at radius 1 is 1.09 bits per heavy atom. The van der Waals surface area contributed by atoms with Crippen LogP contribution in [0.4, 0.5) is 5.69 Å². The first-order chi connectivity index (χ1) is 16.1. The van der Waals surface area contributed by atoms with Crippen LogP contribution in [0.1, 0.15) is 47.1 Å². The molecule has 0 saturated carbocycles. The number of anilines is 1. The summed E-state index contributed by atoms with van der Waals surface area (Å²) in [6.45, 7) is 5.31. The van der Waals surface area contributed by atoms with E-state index in [1.54, 1.807) is 39.2 Å². The highest BCUT2D eigenvalue weighted by Gasteiger charge is 2.32. The molecule has 0 aliphatic rings. The van der Waals surface area contributed by atoms with Crippen molar-refractivity contribution in [3.8, 4) is 5.75 Å². The Morgan fingerprint density at radius 3 is 2.35 bits per heavy atom. The summed E-state index contributed by atoms with van der Waals surface area (Å²) < 4.78 is 37.9. The molecule has 0 fully saturated rings. The molecule has 0 unspecified atom stereocenters. The molecule has 3 rings (SSSR count). The topological polar surface area (TPSA) is 112 Å². The number of carbonyl (C=O) groups is 2. The Morgan fingerprint density at radius 2 is 1.79 bits per heavy atom. The van der Waals surface area contributed by atoms with E-state index in [2.05, 4.69) is 10.3 Å². The number of ether oxygens (including phenoxy) is 2. The number of pyridine rings is 1. The first-order valence-electron chi connectivity index (χ1n) is 10.4. The molecule has 1 aromatic heterocycles. The Kier molecular flexibility index (Phi) is 7.36. The van der Waals surface area contributed by atoms with Crippen molar-refractivity contribution in [1.29, 1.82) is 0 Å². The van der Waals surface area contributed by atoms with Gasteiger partial charge in [-0.1, -0.05) is 6.07 Å². The molecule has 0 spiro atoms. The zero-order valence-electron chi connectivity index (χ0n) is 19.4. The van der Waals surface area contributed by atoms with E-state index in [0.717, 1.165) is 5.56 Å². The highest BCUT2D eigenvalue weighted by atomic mass is 32.2. The van der Waals surface area contributed by atoms with E-state index in [-0.39, 0.29) is 21.7 Å². The summed E-state index contributed by atoms with van der Waals surface area (Å²) in [5, 5.41) is 3.07. The second-order valence-electron chi connectivity index (χ2n) is 8.42. The van der Waals surface area contributed by atoms with Crippen molar-refractivity contribution >= 4 is 27.8 Å². The van der Waals surface area contributed by atoms with Crippen LogP contribution in [0, 0.1) is 0 Å². The van der Waals surface area contributed by atoms with Gasteiger partial charge < -0.3 is 14.8 Å². The molecule has 0 atom stereocenters. The maximum atomic E-state index is 13.7. The summed E-state index contributed by atoms with van der Waals surface area (Å²) in [5.41, 5.74) is -0.159. The number of benzene rings is 2. The first kappa shape index (κ1) is 24.9. The zero-order valence-corrected chi connectivity index (χ0v) is 20.2. The number of nitrogens with zero attached hydrogens (tertiary/aromatic N) is 1. The van der Waals surface area contributed by atoms with Crippen LogP contribution < -0.4 is 10.1 Å². The molecule has 0 aliphatic heterocycles. The van der Waals surface area contributed by atoms with Gasteiger partial charge in [-0.15, -0.1) is 0 Å². The number of hydrogen-bond donors (Lipinski definition) is 1. The zero-order chi connectivity index (χ0) is 24.9. The minimum Gasteiger partial charge on any atom is -0.497 e. The average Bonchev–Trinajstić information content (AvgIpc) is 2.81. The van der Waals surface area contributed by atoms with Crippen LogP contribution >= 0.6 is 0 Å². The number of rotatable bonds is 8. The van der Waals surface area contributed by atoms with Gasteiger partial charge in [0.15, 0.2) is 6.29 Å².